The van der Waals surface area contributed by atoms with Gasteiger partial charge in [-0.1, -0.05) is 12.5 Å². The first kappa shape index (κ1) is 13.1. The molecule has 4 nitrogen and oxygen atoms in total. The van der Waals surface area contributed by atoms with Gasteiger partial charge >= 0.3 is 0 Å². The van der Waals surface area contributed by atoms with Gasteiger partial charge < -0.3 is 15.5 Å². The Labute approximate surface area is 111 Å². The number of aromatic nitrogens is 1. The van der Waals surface area contributed by atoms with E-state index in [1.807, 2.05) is 30.0 Å². The molecule has 0 aliphatic carbocycles. The van der Waals surface area contributed by atoms with Crippen molar-refractivity contribution >= 4 is 34.6 Å². The molecule has 1 heterocycles. The second-order valence-corrected chi connectivity index (χ2v) is 5.18. The molecule has 98 valence electrons. The number of benzene rings is 1. The molecule has 1 aromatic heterocycles. The van der Waals surface area contributed by atoms with Crippen LogP contribution in [0, 0.1) is 0 Å². The maximum absolute atomic E-state index is 5.83. The number of nitrogens with two attached hydrogens (primary N) is 1. The number of anilines is 2. The van der Waals surface area contributed by atoms with Crippen molar-refractivity contribution in [1.82, 2.24) is 4.98 Å². The lowest BCUT2D eigenvalue weighted by Gasteiger charge is -2.00. The molecule has 0 spiro atoms. The Morgan fingerprint density at radius 1 is 1.33 bits per heavy atom. The number of nitrogens with zero attached hydrogens (tertiary/aromatic N) is 1. The third-order valence-corrected chi connectivity index (χ3v) is 3.45. The van der Waals surface area contributed by atoms with Gasteiger partial charge in [0.2, 0.25) is 0 Å². The molecule has 0 aliphatic heterocycles. The van der Waals surface area contributed by atoms with Crippen LogP contribution in [0.25, 0.3) is 11.1 Å². The standard InChI is InChI=1S/C13H19N3OS/c1-18-9-4-2-3-8-15-13-16-12-10(14)6-5-7-11(12)17-13/h5-7H,2-4,8-9,14H2,1H3,(H,15,16). The number of hydrogen-bond acceptors (Lipinski definition) is 5. The molecular formula is C13H19N3OS. The Hall–Kier alpha value is -1.36. The highest BCUT2D eigenvalue weighted by molar-refractivity contribution is 7.98. The van der Waals surface area contributed by atoms with Crippen LogP contribution in [-0.2, 0) is 0 Å². The van der Waals surface area contributed by atoms with Gasteiger partial charge in [-0.15, -0.1) is 0 Å². The van der Waals surface area contributed by atoms with Crippen LogP contribution < -0.4 is 11.1 Å². The highest BCUT2D eigenvalue weighted by Gasteiger charge is 2.06. The zero-order valence-corrected chi connectivity index (χ0v) is 11.4. The molecule has 0 aliphatic rings. The number of nitrogens with one attached hydrogen (secondary N) is 1. The summed E-state index contributed by atoms with van der Waals surface area (Å²) in [7, 11) is 0. The van der Waals surface area contributed by atoms with E-state index in [0.29, 0.717) is 11.7 Å². The minimum atomic E-state index is 0.563. The van der Waals surface area contributed by atoms with E-state index in [0.717, 1.165) is 24.1 Å². The van der Waals surface area contributed by atoms with E-state index in [1.165, 1.54) is 18.6 Å². The van der Waals surface area contributed by atoms with Crippen LogP contribution in [0.15, 0.2) is 22.6 Å². The van der Waals surface area contributed by atoms with Gasteiger partial charge in [0.15, 0.2) is 5.58 Å². The lowest BCUT2D eigenvalue weighted by molar-refractivity contribution is 0.609. The van der Waals surface area contributed by atoms with Crippen LogP contribution in [0.2, 0.25) is 0 Å². The van der Waals surface area contributed by atoms with E-state index in [9.17, 15) is 0 Å². The van der Waals surface area contributed by atoms with Gasteiger partial charge in [0.25, 0.3) is 6.01 Å². The second-order valence-electron chi connectivity index (χ2n) is 4.19. The zero-order valence-electron chi connectivity index (χ0n) is 10.6. The number of oxazole rings is 1. The van der Waals surface area contributed by atoms with E-state index in [2.05, 4.69) is 16.6 Å². The SMILES string of the molecule is CSCCCCCNc1nc2c(N)cccc2o1. The van der Waals surface area contributed by atoms with Crippen molar-refractivity contribution in [3.8, 4) is 0 Å². The van der Waals surface area contributed by atoms with Crippen LogP contribution in [0.1, 0.15) is 19.3 Å². The smallest absolute Gasteiger partial charge is 0.295 e. The summed E-state index contributed by atoms with van der Waals surface area (Å²) in [6.07, 6.45) is 5.77. The Morgan fingerprint density at radius 2 is 2.22 bits per heavy atom. The average Bonchev–Trinajstić information content (AvgIpc) is 2.78. The van der Waals surface area contributed by atoms with Crippen LogP contribution in [0.5, 0.6) is 0 Å². The van der Waals surface area contributed by atoms with E-state index >= 15 is 0 Å². The number of para-hydroxylation sites is 1. The number of hydrogen-bond donors (Lipinski definition) is 2. The fourth-order valence-corrected chi connectivity index (χ4v) is 2.28. The molecule has 0 unspecified atom stereocenters. The summed E-state index contributed by atoms with van der Waals surface area (Å²) in [6, 6.07) is 6.14. The Kier molecular flexibility index (Phi) is 4.75. The van der Waals surface area contributed by atoms with E-state index < -0.39 is 0 Å². The summed E-state index contributed by atoms with van der Waals surface area (Å²) < 4.78 is 5.57. The summed E-state index contributed by atoms with van der Waals surface area (Å²) >= 11 is 1.90. The molecular weight excluding hydrogens is 246 g/mol. The summed E-state index contributed by atoms with van der Waals surface area (Å²) in [4.78, 5) is 4.34. The van der Waals surface area contributed by atoms with Gasteiger partial charge in [0.1, 0.15) is 5.52 Å². The third kappa shape index (κ3) is 3.32. The van der Waals surface area contributed by atoms with Crippen molar-refractivity contribution in [2.45, 2.75) is 19.3 Å². The first-order valence-corrected chi connectivity index (χ1v) is 7.58. The highest BCUT2D eigenvalue weighted by atomic mass is 32.2. The van der Waals surface area contributed by atoms with Crippen LogP contribution in [0.3, 0.4) is 0 Å². The minimum Gasteiger partial charge on any atom is -0.423 e. The second kappa shape index (κ2) is 6.54. The predicted octanol–water partition coefficient (Wildman–Crippen LogP) is 3.36. The number of thioether (sulfide) groups is 1. The lowest BCUT2D eigenvalue weighted by atomic mass is 10.2. The van der Waals surface area contributed by atoms with Gasteiger partial charge in [-0.05, 0) is 37.0 Å². The van der Waals surface area contributed by atoms with Gasteiger partial charge in [0, 0.05) is 6.54 Å². The van der Waals surface area contributed by atoms with Crippen LogP contribution in [0.4, 0.5) is 11.7 Å². The molecule has 2 aromatic rings. The summed E-state index contributed by atoms with van der Waals surface area (Å²) in [6.45, 7) is 0.890. The van der Waals surface area contributed by atoms with Crippen molar-refractivity contribution in [3.63, 3.8) is 0 Å². The van der Waals surface area contributed by atoms with E-state index in [1.54, 1.807) is 0 Å². The number of rotatable bonds is 7. The summed E-state index contributed by atoms with van der Waals surface area (Å²) in [5.41, 5.74) is 7.96. The van der Waals surface area contributed by atoms with Crippen molar-refractivity contribution in [3.05, 3.63) is 18.2 Å². The van der Waals surface area contributed by atoms with Crippen LogP contribution >= 0.6 is 11.8 Å². The van der Waals surface area contributed by atoms with E-state index in [4.69, 9.17) is 10.2 Å². The Bertz CT molecular complexity index is 498. The van der Waals surface area contributed by atoms with Crippen molar-refractivity contribution in [2.75, 3.05) is 29.6 Å². The molecule has 0 atom stereocenters. The molecule has 5 heteroatoms. The van der Waals surface area contributed by atoms with Crippen molar-refractivity contribution < 1.29 is 4.42 Å². The molecule has 18 heavy (non-hydrogen) atoms. The summed E-state index contributed by atoms with van der Waals surface area (Å²) in [5.74, 6) is 1.24. The van der Waals surface area contributed by atoms with Crippen molar-refractivity contribution in [2.24, 2.45) is 0 Å². The first-order valence-electron chi connectivity index (χ1n) is 6.19. The fraction of sp³-hybridized carbons (Fsp3) is 0.462. The Balaban J connectivity index is 1.83. The quantitative estimate of drug-likeness (QED) is 0.593. The first-order chi connectivity index (χ1) is 8.81. The topological polar surface area (TPSA) is 64.1 Å². The molecule has 0 bridgehead atoms. The number of unbranched alkanes of at least 4 members (excludes halogenated alkanes) is 2. The van der Waals surface area contributed by atoms with Crippen LogP contribution in [-0.4, -0.2) is 23.5 Å². The molecule has 3 N–H and O–H groups in total. The average molecular weight is 265 g/mol. The van der Waals surface area contributed by atoms with Gasteiger partial charge in [-0.2, -0.15) is 16.7 Å². The molecule has 0 radical (unpaired) electrons. The maximum Gasteiger partial charge on any atom is 0.295 e. The molecule has 1 aromatic carbocycles. The Morgan fingerprint density at radius 3 is 3.00 bits per heavy atom. The largest absolute Gasteiger partial charge is 0.423 e. The van der Waals surface area contributed by atoms with Gasteiger partial charge in [-0.3, -0.25) is 0 Å². The molecule has 0 fully saturated rings. The molecule has 0 saturated heterocycles. The lowest BCUT2D eigenvalue weighted by Crippen LogP contribution is -2.01. The maximum atomic E-state index is 5.83. The molecule has 0 saturated carbocycles. The highest BCUT2D eigenvalue weighted by Crippen LogP contribution is 2.23. The van der Waals surface area contributed by atoms with E-state index in [-0.39, 0.29) is 0 Å². The predicted molar refractivity (Wildman–Crippen MR) is 79.1 cm³/mol. The zero-order chi connectivity index (χ0) is 12.8. The molecule has 0 amide bonds. The number of fused-ring (bicyclic) bond motifs is 1. The summed E-state index contributed by atoms with van der Waals surface area (Å²) in [5, 5.41) is 3.20. The third-order valence-electron chi connectivity index (χ3n) is 2.75. The normalized spacial score (nSPS) is 10.9. The minimum absolute atomic E-state index is 0.563. The fourth-order valence-electron chi connectivity index (χ4n) is 1.79. The van der Waals surface area contributed by atoms with Gasteiger partial charge in [0.05, 0.1) is 5.69 Å². The van der Waals surface area contributed by atoms with Crippen molar-refractivity contribution in [1.29, 1.82) is 0 Å². The molecule has 2 rings (SSSR count). The number of nitrogen functional groups attached to an aromatic ring is 1. The monoisotopic (exact) mass is 265 g/mol. The van der Waals surface area contributed by atoms with Gasteiger partial charge in [-0.25, -0.2) is 0 Å².